The summed E-state index contributed by atoms with van der Waals surface area (Å²) in [5, 5.41) is 5.41. The second kappa shape index (κ2) is 8.53. The number of rotatable bonds is 4. The molecule has 1 aromatic heterocycles. The lowest BCUT2D eigenvalue weighted by Crippen LogP contribution is -2.53. The van der Waals surface area contributed by atoms with E-state index in [0.29, 0.717) is 24.4 Å². The van der Waals surface area contributed by atoms with Crippen LogP contribution in [0.1, 0.15) is 56.2 Å². The molecule has 0 saturated carbocycles. The van der Waals surface area contributed by atoms with Gasteiger partial charge in [0.15, 0.2) is 11.6 Å². The first-order chi connectivity index (χ1) is 14.1. The molecule has 162 valence electrons. The number of aromatic nitrogens is 2. The Bertz CT molecular complexity index is 963. The normalized spacial score (nSPS) is 15.1. The summed E-state index contributed by atoms with van der Waals surface area (Å²) < 4.78 is 29.2. The number of imidazole rings is 1. The Hall–Kier alpha value is -2.77. The Morgan fingerprint density at radius 1 is 1.13 bits per heavy atom. The number of nitrogens with zero attached hydrogens (tertiary/aromatic N) is 2. The maximum atomic E-state index is 13.8. The average molecular weight is 418 g/mol. The lowest BCUT2D eigenvalue weighted by molar-refractivity contribution is -0.124. The van der Waals surface area contributed by atoms with Crippen molar-refractivity contribution in [1.29, 1.82) is 0 Å². The molecule has 1 aromatic carbocycles. The van der Waals surface area contributed by atoms with Crippen molar-refractivity contribution in [1.82, 2.24) is 20.2 Å². The fraction of sp³-hybridized carbons (Fsp3) is 0.500. The highest BCUT2D eigenvalue weighted by Gasteiger charge is 2.34. The molecular weight excluding hydrogens is 390 g/mol. The minimum Gasteiger partial charge on any atom is -0.357 e. The second-order valence-corrected chi connectivity index (χ2v) is 8.71. The molecular formula is C22H28F2N4O2. The van der Waals surface area contributed by atoms with E-state index in [1.165, 1.54) is 13.1 Å². The molecule has 0 unspecified atom stereocenters. The van der Waals surface area contributed by atoms with Gasteiger partial charge in [-0.05, 0) is 42.9 Å². The number of benzene rings is 1. The number of carbonyl (C=O) groups is 2. The summed E-state index contributed by atoms with van der Waals surface area (Å²) in [6.07, 6.45) is 3.47. The van der Waals surface area contributed by atoms with Gasteiger partial charge in [0.25, 0.3) is 5.91 Å². The summed E-state index contributed by atoms with van der Waals surface area (Å²) in [6, 6.07) is 2.87. The SMILES string of the molecule is CNC(=O)[C@@H](NC(=O)c1nc(-c2ccc(F)c(F)c2)n2c1CCCCC2)C(C)(C)C. The Kier molecular flexibility index (Phi) is 6.24. The van der Waals surface area contributed by atoms with Crippen LogP contribution in [0.3, 0.4) is 0 Å². The highest BCUT2D eigenvalue weighted by molar-refractivity contribution is 5.97. The Morgan fingerprint density at radius 3 is 2.50 bits per heavy atom. The van der Waals surface area contributed by atoms with E-state index < -0.39 is 29.0 Å². The highest BCUT2D eigenvalue weighted by atomic mass is 19.2. The van der Waals surface area contributed by atoms with Gasteiger partial charge in [0.2, 0.25) is 5.91 Å². The first-order valence-electron chi connectivity index (χ1n) is 10.2. The Balaban J connectivity index is 2.04. The van der Waals surface area contributed by atoms with Gasteiger partial charge >= 0.3 is 0 Å². The summed E-state index contributed by atoms with van der Waals surface area (Å²) >= 11 is 0. The standard InChI is InChI=1S/C22H28F2N4O2/c1-22(2,3)18(21(30)25-4)27-20(29)17-16-8-6-5-7-11-28(16)19(26-17)13-9-10-14(23)15(24)12-13/h9-10,12,18H,5-8,11H2,1-4H3,(H,25,30)(H,27,29)/t18-/m1/s1. The first kappa shape index (κ1) is 21.9. The van der Waals surface area contributed by atoms with E-state index in [4.69, 9.17) is 0 Å². The third-order valence-electron chi connectivity index (χ3n) is 5.41. The number of fused-ring (bicyclic) bond motifs is 1. The molecule has 1 aliphatic rings. The smallest absolute Gasteiger partial charge is 0.272 e. The number of halogens is 2. The lowest BCUT2D eigenvalue weighted by Gasteiger charge is -2.29. The van der Waals surface area contributed by atoms with Gasteiger partial charge in [0, 0.05) is 19.2 Å². The van der Waals surface area contributed by atoms with Crippen molar-refractivity contribution >= 4 is 11.8 Å². The zero-order valence-corrected chi connectivity index (χ0v) is 17.8. The van der Waals surface area contributed by atoms with E-state index in [1.807, 2.05) is 25.3 Å². The van der Waals surface area contributed by atoms with E-state index in [0.717, 1.165) is 37.1 Å². The van der Waals surface area contributed by atoms with E-state index in [1.54, 1.807) is 0 Å². The largest absolute Gasteiger partial charge is 0.357 e. The van der Waals surface area contributed by atoms with Gasteiger partial charge in [-0.15, -0.1) is 0 Å². The molecule has 0 radical (unpaired) electrons. The quantitative estimate of drug-likeness (QED) is 0.799. The first-order valence-corrected chi connectivity index (χ1v) is 10.2. The van der Waals surface area contributed by atoms with Crippen LogP contribution in [0.25, 0.3) is 11.4 Å². The highest BCUT2D eigenvalue weighted by Crippen LogP contribution is 2.29. The predicted molar refractivity (Wildman–Crippen MR) is 110 cm³/mol. The molecule has 2 amide bonds. The summed E-state index contributed by atoms with van der Waals surface area (Å²) in [5.41, 5.74) is 0.897. The van der Waals surface area contributed by atoms with Crippen molar-refractivity contribution in [3.8, 4) is 11.4 Å². The zero-order chi connectivity index (χ0) is 22.1. The van der Waals surface area contributed by atoms with Gasteiger partial charge in [-0.1, -0.05) is 27.2 Å². The number of nitrogens with one attached hydrogen (secondary N) is 2. The molecule has 3 rings (SSSR count). The summed E-state index contributed by atoms with van der Waals surface area (Å²) in [5.74, 6) is -2.20. The van der Waals surface area contributed by atoms with Crippen molar-refractivity contribution in [2.45, 2.75) is 59.0 Å². The molecule has 1 aliphatic heterocycles. The van der Waals surface area contributed by atoms with Crippen LogP contribution < -0.4 is 10.6 Å². The molecule has 0 fully saturated rings. The summed E-state index contributed by atoms with van der Waals surface area (Å²) in [6.45, 7) is 6.25. The maximum Gasteiger partial charge on any atom is 0.272 e. The summed E-state index contributed by atoms with van der Waals surface area (Å²) in [7, 11) is 1.52. The minimum atomic E-state index is -0.961. The van der Waals surface area contributed by atoms with Gasteiger partial charge in [-0.2, -0.15) is 0 Å². The molecule has 0 bridgehead atoms. The third-order valence-corrected chi connectivity index (χ3v) is 5.41. The maximum absolute atomic E-state index is 13.8. The van der Waals surface area contributed by atoms with Crippen LogP contribution in [-0.2, 0) is 17.8 Å². The topological polar surface area (TPSA) is 76.0 Å². The molecule has 2 N–H and O–H groups in total. The molecule has 0 aliphatic carbocycles. The number of likely N-dealkylation sites (N-methyl/N-ethyl adjacent to an activating group) is 1. The fourth-order valence-electron chi connectivity index (χ4n) is 3.78. The molecule has 0 saturated heterocycles. The Labute approximate surface area is 175 Å². The fourth-order valence-corrected chi connectivity index (χ4v) is 3.78. The van der Waals surface area contributed by atoms with Gasteiger partial charge in [-0.25, -0.2) is 13.8 Å². The van der Waals surface area contributed by atoms with Gasteiger partial charge in [-0.3, -0.25) is 9.59 Å². The van der Waals surface area contributed by atoms with Crippen molar-refractivity contribution < 1.29 is 18.4 Å². The lowest BCUT2D eigenvalue weighted by atomic mass is 9.86. The van der Waals surface area contributed by atoms with Crippen molar-refractivity contribution in [2.24, 2.45) is 5.41 Å². The molecule has 1 atom stereocenters. The Morgan fingerprint density at radius 2 is 1.87 bits per heavy atom. The number of hydrogen-bond donors (Lipinski definition) is 2. The number of carbonyl (C=O) groups excluding carboxylic acids is 2. The van der Waals surface area contributed by atoms with Crippen molar-refractivity contribution in [3.05, 3.63) is 41.2 Å². The molecule has 2 aromatic rings. The van der Waals surface area contributed by atoms with Crippen LogP contribution in [0.2, 0.25) is 0 Å². The van der Waals surface area contributed by atoms with Crippen molar-refractivity contribution in [3.63, 3.8) is 0 Å². The third kappa shape index (κ3) is 4.37. The van der Waals surface area contributed by atoms with E-state index in [9.17, 15) is 18.4 Å². The summed E-state index contributed by atoms with van der Waals surface area (Å²) in [4.78, 5) is 30.0. The molecule has 2 heterocycles. The van der Waals surface area contributed by atoms with Crippen molar-refractivity contribution in [2.75, 3.05) is 7.05 Å². The van der Waals surface area contributed by atoms with Crippen LogP contribution in [0.4, 0.5) is 8.78 Å². The number of hydrogen-bond acceptors (Lipinski definition) is 3. The van der Waals surface area contributed by atoms with Gasteiger partial charge < -0.3 is 15.2 Å². The van der Waals surface area contributed by atoms with E-state index >= 15 is 0 Å². The monoisotopic (exact) mass is 418 g/mol. The predicted octanol–water partition coefficient (Wildman–Crippen LogP) is 3.45. The van der Waals surface area contributed by atoms with Crippen LogP contribution in [0.15, 0.2) is 18.2 Å². The molecule has 8 heteroatoms. The molecule has 30 heavy (non-hydrogen) atoms. The average Bonchev–Trinajstić information content (AvgIpc) is 2.88. The second-order valence-electron chi connectivity index (χ2n) is 8.71. The van der Waals surface area contributed by atoms with Gasteiger partial charge in [0.05, 0.1) is 5.69 Å². The van der Waals surface area contributed by atoms with Crippen LogP contribution in [-0.4, -0.2) is 34.5 Å². The van der Waals surface area contributed by atoms with Crippen LogP contribution in [0.5, 0.6) is 0 Å². The van der Waals surface area contributed by atoms with Crippen LogP contribution in [0, 0.1) is 17.0 Å². The number of amides is 2. The van der Waals surface area contributed by atoms with E-state index in [2.05, 4.69) is 15.6 Å². The van der Waals surface area contributed by atoms with E-state index in [-0.39, 0.29) is 11.6 Å². The molecule has 6 nitrogen and oxygen atoms in total. The zero-order valence-electron chi connectivity index (χ0n) is 17.8. The minimum absolute atomic E-state index is 0.231. The van der Waals surface area contributed by atoms with Gasteiger partial charge in [0.1, 0.15) is 17.6 Å². The molecule has 0 spiro atoms. The van der Waals surface area contributed by atoms with Crippen LogP contribution >= 0.6 is 0 Å².